The third-order valence-corrected chi connectivity index (χ3v) is 9.86. The highest BCUT2D eigenvalue weighted by atomic mass is 32.3. The average Bonchev–Trinajstić information content (AvgIpc) is 2.95. The number of benzene rings is 2. The van der Waals surface area contributed by atoms with Gasteiger partial charge in [0.15, 0.2) is 0 Å². The first-order valence-electron chi connectivity index (χ1n) is 12.3. The highest BCUT2D eigenvalue weighted by molar-refractivity contribution is 8.06. The summed E-state index contributed by atoms with van der Waals surface area (Å²) in [5, 5.41) is 15.2. The lowest BCUT2D eigenvalue weighted by Crippen LogP contribution is -2.49. The van der Waals surface area contributed by atoms with Crippen LogP contribution in [0.2, 0.25) is 0 Å². The molecule has 2 atom stereocenters. The number of hydrogen-bond acceptors (Lipinski definition) is 12. The van der Waals surface area contributed by atoms with E-state index in [-0.39, 0.29) is 24.1 Å². The molecule has 0 saturated heterocycles. The van der Waals surface area contributed by atoms with Crippen LogP contribution in [0.3, 0.4) is 0 Å². The van der Waals surface area contributed by atoms with Crippen LogP contribution in [-0.2, 0) is 24.5 Å². The van der Waals surface area contributed by atoms with Gasteiger partial charge in [-0.15, -0.1) is 4.28 Å². The molecule has 0 aliphatic heterocycles. The summed E-state index contributed by atoms with van der Waals surface area (Å²) in [6, 6.07) is 17.2. The van der Waals surface area contributed by atoms with E-state index >= 15 is 0 Å². The fourth-order valence-electron chi connectivity index (χ4n) is 3.82. The van der Waals surface area contributed by atoms with E-state index in [9.17, 15) is 26.5 Å². The Morgan fingerprint density at radius 2 is 1.59 bits per heavy atom. The second-order valence-corrected chi connectivity index (χ2v) is 12.6. The summed E-state index contributed by atoms with van der Waals surface area (Å²) in [6.45, 7) is 1.40. The first kappa shape index (κ1) is 29.8. The lowest BCUT2D eigenvalue weighted by Gasteiger charge is -2.31. The lowest BCUT2D eigenvalue weighted by molar-refractivity contribution is 0.281. The first-order chi connectivity index (χ1) is 19.5. The fraction of sp³-hybridized carbons (Fsp3) is 0.192. The number of aromatic nitrogens is 3. The van der Waals surface area contributed by atoms with E-state index in [4.69, 9.17) is 4.28 Å². The predicted octanol–water partition coefficient (Wildman–Crippen LogP) is 3.27. The molecule has 0 radical (unpaired) electrons. The van der Waals surface area contributed by atoms with Crippen LogP contribution in [0.15, 0.2) is 90.5 Å². The van der Waals surface area contributed by atoms with Crippen molar-refractivity contribution in [3.05, 3.63) is 96.1 Å². The highest BCUT2D eigenvalue weighted by Crippen LogP contribution is 2.40. The highest BCUT2D eigenvalue weighted by Gasteiger charge is 2.58. The Hall–Kier alpha value is -4.15. The van der Waals surface area contributed by atoms with Crippen molar-refractivity contribution in [1.82, 2.24) is 15.0 Å². The molecule has 13 nitrogen and oxygen atoms in total. The normalized spacial score (nSPS) is 18.1. The Morgan fingerprint density at radius 3 is 2.24 bits per heavy atom. The molecule has 1 heterocycles. The van der Waals surface area contributed by atoms with Gasteiger partial charge < -0.3 is 15.7 Å². The van der Waals surface area contributed by atoms with Crippen molar-refractivity contribution in [2.75, 3.05) is 22.7 Å². The van der Waals surface area contributed by atoms with Crippen LogP contribution in [0.1, 0.15) is 18.9 Å². The van der Waals surface area contributed by atoms with E-state index in [2.05, 4.69) is 31.1 Å². The molecular weight excluding hydrogens is 572 g/mol. The minimum absolute atomic E-state index is 0.0150. The van der Waals surface area contributed by atoms with Crippen LogP contribution in [-0.4, -0.2) is 58.2 Å². The number of rotatable bonds is 12. The molecule has 2 unspecified atom stereocenters. The molecular formula is C26H28N6O7S2. The standard InChI is InChI=1S/C26H28N6O7S2/c1-19(18-33)27-23-29-24(28-22-13-6-3-7-14-22)31-25(30-23)32-39-41(37,38)26(40(34,35)36)17-9-8-12-21(26)16-15-20-10-4-2-5-11-20/h2-16,19,33H,17-18H2,1H3,(H,34,35,36)(H3,27,28,29,30,31,32). The molecule has 5 N–H and O–H groups in total. The van der Waals surface area contributed by atoms with Gasteiger partial charge in [0.1, 0.15) is 0 Å². The van der Waals surface area contributed by atoms with Gasteiger partial charge in [0.25, 0.3) is 20.1 Å². The Labute approximate surface area is 237 Å². The number of aliphatic hydroxyl groups excluding tert-OH is 1. The monoisotopic (exact) mass is 600 g/mol. The van der Waals surface area contributed by atoms with Gasteiger partial charge in [-0.1, -0.05) is 78.9 Å². The third-order valence-electron chi connectivity index (χ3n) is 5.87. The van der Waals surface area contributed by atoms with Crippen LogP contribution in [0.25, 0.3) is 6.08 Å². The van der Waals surface area contributed by atoms with E-state index < -0.39 is 42.7 Å². The molecule has 0 saturated carbocycles. The van der Waals surface area contributed by atoms with Crippen LogP contribution in [0, 0.1) is 0 Å². The van der Waals surface area contributed by atoms with Crippen molar-refractivity contribution >= 4 is 49.8 Å². The maximum absolute atomic E-state index is 13.6. The molecule has 41 heavy (non-hydrogen) atoms. The summed E-state index contributed by atoms with van der Waals surface area (Å²) in [7, 11) is -10.5. The van der Waals surface area contributed by atoms with E-state index in [0.717, 1.165) is 0 Å². The van der Waals surface area contributed by atoms with Crippen molar-refractivity contribution < 1.29 is 30.8 Å². The molecule has 0 spiro atoms. The quantitative estimate of drug-likeness (QED) is 0.150. The zero-order valence-electron chi connectivity index (χ0n) is 21.7. The lowest BCUT2D eigenvalue weighted by atomic mass is 10.0. The smallest absolute Gasteiger partial charge is 0.315 e. The van der Waals surface area contributed by atoms with Crippen molar-refractivity contribution in [3.8, 4) is 0 Å². The summed E-state index contributed by atoms with van der Waals surface area (Å²) < 4.78 is 64.9. The molecule has 15 heteroatoms. The minimum atomic E-state index is -5.31. The number of nitrogens with zero attached hydrogens (tertiary/aromatic N) is 3. The van der Waals surface area contributed by atoms with Crippen LogP contribution in [0.5, 0.6) is 0 Å². The molecule has 1 aliphatic rings. The maximum Gasteiger partial charge on any atom is 0.315 e. The molecule has 4 rings (SSSR count). The van der Waals surface area contributed by atoms with Gasteiger partial charge in [0, 0.05) is 18.2 Å². The van der Waals surface area contributed by atoms with Gasteiger partial charge in [0.05, 0.1) is 6.61 Å². The summed E-state index contributed by atoms with van der Waals surface area (Å²) in [5.41, 5.74) is 3.13. The SMILES string of the molecule is CC(CO)Nc1nc(NOS(=O)(=O)C2(S(=O)(=O)O)CC=CC=C2C=Cc2ccccc2)nc(Nc2ccccc2)n1. The maximum atomic E-state index is 13.6. The largest absolute Gasteiger partial charge is 0.394 e. The molecule has 0 amide bonds. The van der Waals surface area contributed by atoms with Crippen LogP contribution in [0.4, 0.5) is 23.5 Å². The zero-order chi connectivity index (χ0) is 29.5. The van der Waals surface area contributed by atoms with E-state index in [1.54, 1.807) is 61.5 Å². The minimum Gasteiger partial charge on any atom is -0.394 e. The third kappa shape index (κ3) is 6.96. The topological polar surface area (TPSA) is 193 Å². The predicted molar refractivity (Wildman–Crippen MR) is 155 cm³/mol. The van der Waals surface area contributed by atoms with E-state index in [1.165, 1.54) is 30.4 Å². The van der Waals surface area contributed by atoms with Gasteiger partial charge in [-0.05, 0) is 30.2 Å². The number of para-hydroxylation sites is 1. The number of nitrogens with one attached hydrogen (secondary N) is 3. The summed E-state index contributed by atoms with van der Waals surface area (Å²) in [6.07, 6.45) is 6.21. The van der Waals surface area contributed by atoms with Crippen LogP contribution >= 0.6 is 0 Å². The number of aliphatic hydroxyl groups is 1. The molecule has 0 bridgehead atoms. The Morgan fingerprint density at radius 1 is 0.951 bits per heavy atom. The fourth-order valence-corrected chi connectivity index (χ4v) is 6.74. The van der Waals surface area contributed by atoms with Crippen molar-refractivity contribution in [2.24, 2.45) is 0 Å². The Bertz CT molecular complexity index is 1660. The summed E-state index contributed by atoms with van der Waals surface area (Å²) >= 11 is 0. The Kier molecular flexibility index (Phi) is 9.14. The number of hydrogen-bond donors (Lipinski definition) is 5. The second-order valence-electron chi connectivity index (χ2n) is 8.89. The summed E-state index contributed by atoms with van der Waals surface area (Å²) in [4.78, 5) is 12.4. The molecule has 0 fully saturated rings. The van der Waals surface area contributed by atoms with Gasteiger partial charge in [-0.3, -0.25) is 4.55 Å². The molecule has 216 valence electrons. The first-order valence-corrected chi connectivity index (χ1v) is 15.1. The van der Waals surface area contributed by atoms with Gasteiger partial charge in [0.2, 0.25) is 11.9 Å². The zero-order valence-corrected chi connectivity index (χ0v) is 23.4. The van der Waals surface area contributed by atoms with Gasteiger partial charge in [-0.25, -0.2) is 5.48 Å². The van der Waals surface area contributed by atoms with Crippen molar-refractivity contribution in [2.45, 2.75) is 23.5 Å². The van der Waals surface area contributed by atoms with E-state index in [0.29, 0.717) is 11.3 Å². The molecule has 1 aliphatic carbocycles. The number of allylic oxidation sites excluding steroid dienone is 4. The Balaban J connectivity index is 1.67. The number of anilines is 4. The van der Waals surface area contributed by atoms with Crippen molar-refractivity contribution in [3.63, 3.8) is 0 Å². The van der Waals surface area contributed by atoms with Crippen LogP contribution < -0.4 is 16.1 Å². The summed E-state index contributed by atoms with van der Waals surface area (Å²) in [5.74, 6) is -0.462. The molecule has 1 aromatic heterocycles. The molecule has 3 aromatic rings. The second kappa shape index (κ2) is 12.6. The average molecular weight is 601 g/mol. The van der Waals surface area contributed by atoms with E-state index in [1.807, 2.05) is 6.07 Å². The van der Waals surface area contributed by atoms with Gasteiger partial charge >= 0.3 is 10.1 Å². The van der Waals surface area contributed by atoms with Crippen molar-refractivity contribution in [1.29, 1.82) is 0 Å². The van der Waals surface area contributed by atoms with Gasteiger partial charge in [-0.2, -0.15) is 31.8 Å². The molecule has 2 aromatic carbocycles.